The molecule has 3 nitrogen and oxygen atoms in total. The summed E-state index contributed by atoms with van der Waals surface area (Å²) in [5.41, 5.74) is -1.47. The number of aromatic hydroxyl groups is 2. The third-order valence-corrected chi connectivity index (χ3v) is 3.83. The van der Waals surface area contributed by atoms with Crippen molar-refractivity contribution >= 4 is 0 Å². The Bertz CT molecular complexity index is 834. The van der Waals surface area contributed by atoms with E-state index in [1.54, 1.807) is 24.3 Å². The molecule has 25 heavy (non-hydrogen) atoms. The summed E-state index contributed by atoms with van der Waals surface area (Å²) >= 11 is 0. The third-order valence-electron chi connectivity index (χ3n) is 3.83. The Morgan fingerprint density at radius 3 is 1.72 bits per heavy atom. The normalized spacial score (nSPS) is 11.0. The standard InChI is InChI=1S/C19H13F2O3.Co/c20-15-10-13(6-8-17(15)22)19(24,12-4-2-1-3-5-12)14-7-9-18(23)16(21)11-14;/h1-4,6-11,22-24H;/q-1;. The van der Waals surface area contributed by atoms with Gasteiger partial charge in [0.05, 0.1) is 0 Å². The van der Waals surface area contributed by atoms with E-state index in [1.807, 2.05) is 0 Å². The van der Waals surface area contributed by atoms with Gasteiger partial charge in [0.1, 0.15) is 5.60 Å². The molecule has 0 spiro atoms. The van der Waals surface area contributed by atoms with Crippen molar-refractivity contribution < 1.29 is 40.9 Å². The third kappa shape index (κ3) is 3.37. The minimum atomic E-state index is -1.91. The van der Waals surface area contributed by atoms with Gasteiger partial charge < -0.3 is 15.3 Å². The molecule has 0 bridgehead atoms. The molecule has 131 valence electrons. The van der Waals surface area contributed by atoms with Gasteiger partial charge in [0.2, 0.25) is 0 Å². The molecule has 3 aromatic rings. The maximum Gasteiger partial charge on any atom is 0.165 e. The van der Waals surface area contributed by atoms with Crippen LogP contribution in [0.5, 0.6) is 11.5 Å². The average molecular weight is 386 g/mol. The van der Waals surface area contributed by atoms with E-state index in [0.29, 0.717) is 0 Å². The zero-order valence-electron chi connectivity index (χ0n) is 12.7. The van der Waals surface area contributed by atoms with Gasteiger partial charge in [-0.3, -0.25) is 0 Å². The fraction of sp³-hybridized carbons (Fsp3) is 0.0526. The molecular formula is C19H13CoF2O3-. The maximum absolute atomic E-state index is 13.8. The Balaban J connectivity index is 0.00000225. The number of aliphatic hydroxyl groups is 1. The van der Waals surface area contributed by atoms with Crippen LogP contribution < -0.4 is 0 Å². The Hall–Kier alpha value is -2.41. The summed E-state index contributed by atoms with van der Waals surface area (Å²) in [4.78, 5) is 0. The molecule has 0 heterocycles. The van der Waals surface area contributed by atoms with Gasteiger partial charge in [-0.15, -0.1) is 5.56 Å². The van der Waals surface area contributed by atoms with E-state index in [1.165, 1.54) is 12.1 Å². The summed E-state index contributed by atoms with van der Waals surface area (Å²) in [6, 6.07) is 16.2. The van der Waals surface area contributed by atoms with Crippen molar-refractivity contribution in [3.8, 4) is 11.5 Å². The molecule has 0 aliphatic heterocycles. The molecule has 0 fully saturated rings. The summed E-state index contributed by atoms with van der Waals surface area (Å²) in [6.45, 7) is 0. The molecule has 0 aliphatic carbocycles. The number of hydrogen-bond acceptors (Lipinski definition) is 3. The van der Waals surface area contributed by atoms with Gasteiger partial charge >= 0.3 is 0 Å². The van der Waals surface area contributed by atoms with Crippen molar-refractivity contribution in [2.45, 2.75) is 5.60 Å². The quantitative estimate of drug-likeness (QED) is 0.477. The summed E-state index contributed by atoms with van der Waals surface area (Å²) in [6.07, 6.45) is 0. The molecule has 1 radical (unpaired) electrons. The monoisotopic (exact) mass is 386 g/mol. The van der Waals surface area contributed by atoms with E-state index >= 15 is 0 Å². The summed E-state index contributed by atoms with van der Waals surface area (Å²) in [7, 11) is 0. The Morgan fingerprint density at radius 2 is 1.32 bits per heavy atom. The van der Waals surface area contributed by atoms with Gasteiger partial charge in [-0.05, 0) is 35.4 Å². The molecule has 3 aromatic carbocycles. The van der Waals surface area contributed by atoms with Crippen molar-refractivity contribution in [2.24, 2.45) is 0 Å². The van der Waals surface area contributed by atoms with Gasteiger partial charge in [-0.1, -0.05) is 12.1 Å². The fourth-order valence-electron chi connectivity index (χ4n) is 2.56. The van der Waals surface area contributed by atoms with E-state index in [4.69, 9.17) is 0 Å². The van der Waals surface area contributed by atoms with Crippen LogP contribution in [0.25, 0.3) is 0 Å². The zero-order valence-corrected chi connectivity index (χ0v) is 13.7. The number of hydrogen-bond donors (Lipinski definition) is 3. The predicted octanol–water partition coefficient (Wildman–Crippen LogP) is 3.46. The second-order valence-electron chi connectivity index (χ2n) is 5.32. The van der Waals surface area contributed by atoms with Crippen LogP contribution in [0.15, 0.2) is 60.7 Å². The number of phenols is 2. The van der Waals surface area contributed by atoms with Crippen LogP contribution in [0.3, 0.4) is 0 Å². The minimum absolute atomic E-state index is 0. The molecule has 0 amide bonds. The molecule has 0 unspecified atom stereocenters. The molecule has 3 N–H and O–H groups in total. The Labute approximate surface area is 153 Å². The fourth-order valence-corrected chi connectivity index (χ4v) is 2.56. The van der Waals surface area contributed by atoms with E-state index in [0.717, 1.165) is 24.3 Å². The summed E-state index contributed by atoms with van der Waals surface area (Å²) < 4.78 is 27.6. The first-order chi connectivity index (χ1) is 11.4. The van der Waals surface area contributed by atoms with Crippen LogP contribution in [0, 0.1) is 17.7 Å². The molecule has 0 aliphatic rings. The first kappa shape index (κ1) is 18.9. The summed E-state index contributed by atoms with van der Waals surface area (Å²) in [5.74, 6) is -2.95. The van der Waals surface area contributed by atoms with Crippen molar-refractivity contribution in [3.63, 3.8) is 0 Å². The van der Waals surface area contributed by atoms with E-state index in [2.05, 4.69) is 6.07 Å². The average Bonchev–Trinajstić information content (AvgIpc) is 2.60. The van der Waals surface area contributed by atoms with Gasteiger partial charge in [-0.25, -0.2) is 8.78 Å². The van der Waals surface area contributed by atoms with E-state index in [9.17, 15) is 24.1 Å². The zero-order chi connectivity index (χ0) is 17.3. The molecule has 0 atom stereocenters. The van der Waals surface area contributed by atoms with Crippen molar-refractivity contribution in [1.82, 2.24) is 0 Å². The second-order valence-corrected chi connectivity index (χ2v) is 5.32. The molecule has 6 heteroatoms. The van der Waals surface area contributed by atoms with Crippen LogP contribution in [-0.4, -0.2) is 15.3 Å². The molecule has 0 saturated carbocycles. The number of benzene rings is 3. The predicted molar refractivity (Wildman–Crippen MR) is 83.5 cm³/mol. The summed E-state index contributed by atoms with van der Waals surface area (Å²) in [5, 5.41) is 30.1. The van der Waals surface area contributed by atoms with Crippen molar-refractivity contribution in [1.29, 1.82) is 0 Å². The molecule has 3 rings (SSSR count). The largest absolute Gasteiger partial charge is 0.505 e. The van der Waals surface area contributed by atoms with Gasteiger partial charge in [0.25, 0.3) is 0 Å². The Morgan fingerprint density at radius 1 is 0.800 bits per heavy atom. The molecule has 0 saturated heterocycles. The van der Waals surface area contributed by atoms with E-state index in [-0.39, 0.29) is 33.5 Å². The van der Waals surface area contributed by atoms with Crippen LogP contribution >= 0.6 is 0 Å². The maximum atomic E-state index is 13.8. The first-order valence-electron chi connectivity index (χ1n) is 7.10. The minimum Gasteiger partial charge on any atom is -0.505 e. The second kappa shape index (κ2) is 7.22. The molecule has 0 aromatic heterocycles. The van der Waals surface area contributed by atoms with Crippen LogP contribution in [-0.2, 0) is 22.4 Å². The van der Waals surface area contributed by atoms with Crippen molar-refractivity contribution in [2.75, 3.05) is 0 Å². The van der Waals surface area contributed by atoms with E-state index < -0.39 is 28.7 Å². The van der Waals surface area contributed by atoms with Crippen LogP contribution in [0.2, 0.25) is 0 Å². The SMILES string of the molecule is Oc1ccc(C(O)(c2[c-]cccc2)c2ccc(O)c(F)c2)cc1F.[Co]. The van der Waals surface area contributed by atoms with Crippen molar-refractivity contribution in [3.05, 3.63) is 95.1 Å². The van der Waals surface area contributed by atoms with Crippen LogP contribution in [0.4, 0.5) is 8.78 Å². The molecular weight excluding hydrogens is 373 g/mol. The number of halogens is 2. The topological polar surface area (TPSA) is 60.7 Å². The Kier molecular flexibility index (Phi) is 5.47. The first-order valence-corrected chi connectivity index (χ1v) is 7.10. The van der Waals surface area contributed by atoms with Crippen LogP contribution in [0.1, 0.15) is 16.7 Å². The smallest absolute Gasteiger partial charge is 0.165 e. The van der Waals surface area contributed by atoms with Gasteiger partial charge in [0.15, 0.2) is 23.1 Å². The van der Waals surface area contributed by atoms with Gasteiger partial charge in [-0.2, -0.15) is 30.3 Å². The number of phenolic OH excluding ortho intramolecular Hbond substituents is 2. The van der Waals surface area contributed by atoms with Gasteiger partial charge in [0, 0.05) is 16.8 Å². The number of rotatable bonds is 3.